The summed E-state index contributed by atoms with van der Waals surface area (Å²) in [7, 11) is 0. The molecule has 2 nitrogen and oxygen atoms in total. The molecule has 2 N–H and O–H groups in total. The maximum atomic E-state index is 3.69. The Labute approximate surface area is 85.2 Å². The minimum atomic E-state index is 0.363. The molecule has 0 saturated carbocycles. The van der Waals surface area contributed by atoms with Gasteiger partial charge in [0.1, 0.15) is 0 Å². The van der Waals surface area contributed by atoms with E-state index in [1.807, 2.05) is 0 Å². The first-order valence-electron chi connectivity index (χ1n) is 5.34. The minimum Gasteiger partial charge on any atom is -0.317 e. The fourth-order valence-electron chi connectivity index (χ4n) is 2.46. The fourth-order valence-corrected chi connectivity index (χ4v) is 4.06. The number of piperidine rings is 1. The van der Waals surface area contributed by atoms with Crippen molar-refractivity contribution in [1.29, 1.82) is 0 Å². The lowest BCUT2D eigenvalue weighted by Gasteiger charge is -2.36. The second-order valence-electron chi connectivity index (χ2n) is 4.44. The first kappa shape index (κ1) is 9.81. The third-order valence-corrected chi connectivity index (χ3v) is 4.84. The van der Waals surface area contributed by atoms with Crippen molar-refractivity contribution >= 4 is 11.8 Å². The maximum Gasteiger partial charge on any atom is 0.0649 e. The lowest BCUT2D eigenvalue weighted by molar-refractivity contribution is 0.278. The number of nitrogens with one attached hydrogen (secondary N) is 2. The van der Waals surface area contributed by atoms with Gasteiger partial charge in [0.25, 0.3) is 0 Å². The van der Waals surface area contributed by atoms with E-state index in [0.717, 1.165) is 11.2 Å². The molecule has 76 valence electrons. The zero-order valence-corrected chi connectivity index (χ0v) is 9.41. The van der Waals surface area contributed by atoms with Crippen LogP contribution < -0.4 is 10.6 Å². The number of rotatable bonds is 1. The molecular weight excluding hydrogens is 180 g/mol. The van der Waals surface area contributed by atoms with Gasteiger partial charge in [-0.15, -0.1) is 11.8 Å². The van der Waals surface area contributed by atoms with Gasteiger partial charge in [0.2, 0.25) is 0 Å². The van der Waals surface area contributed by atoms with Gasteiger partial charge < -0.3 is 10.6 Å². The van der Waals surface area contributed by atoms with E-state index >= 15 is 0 Å². The van der Waals surface area contributed by atoms with Crippen molar-refractivity contribution in [2.24, 2.45) is 5.92 Å². The molecule has 0 radical (unpaired) electrons. The van der Waals surface area contributed by atoms with Crippen LogP contribution in [0, 0.1) is 5.92 Å². The Morgan fingerprint density at radius 3 is 2.54 bits per heavy atom. The summed E-state index contributed by atoms with van der Waals surface area (Å²) in [6.45, 7) is 8.31. The Kier molecular flexibility index (Phi) is 2.86. The summed E-state index contributed by atoms with van der Waals surface area (Å²) in [4.78, 5) is 0.363. The highest BCUT2D eigenvalue weighted by Crippen LogP contribution is 2.41. The summed E-state index contributed by atoms with van der Waals surface area (Å²) in [5, 5.41) is 7.91. The Hall–Kier alpha value is 0.270. The van der Waals surface area contributed by atoms with Gasteiger partial charge in [0.05, 0.1) is 4.87 Å². The standard InChI is InChI=1S/C10H20N2S/c1-8-7-12-10(2,13-8)9-3-5-11-6-4-9/h8-9,11-12H,3-7H2,1-2H3. The van der Waals surface area contributed by atoms with Crippen LogP contribution in [0.3, 0.4) is 0 Å². The highest BCUT2D eigenvalue weighted by atomic mass is 32.2. The van der Waals surface area contributed by atoms with E-state index in [4.69, 9.17) is 0 Å². The van der Waals surface area contributed by atoms with Gasteiger partial charge in [-0.1, -0.05) is 6.92 Å². The molecule has 0 spiro atoms. The van der Waals surface area contributed by atoms with Crippen LogP contribution in [0.5, 0.6) is 0 Å². The monoisotopic (exact) mass is 200 g/mol. The van der Waals surface area contributed by atoms with Gasteiger partial charge in [-0.3, -0.25) is 0 Å². The predicted octanol–water partition coefficient (Wildman–Crippen LogP) is 1.43. The fraction of sp³-hybridized carbons (Fsp3) is 1.00. The Balaban J connectivity index is 1.97. The van der Waals surface area contributed by atoms with Crippen LogP contribution >= 0.6 is 11.8 Å². The molecule has 2 aliphatic heterocycles. The van der Waals surface area contributed by atoms with Crippen molar-refractivity contribution in [3.8, 4) is 0 Å². The smallest absolute Gasteiger partial charge is 0.0649 e. The summed E-state index contributed by atoms with van der Waals surface area (Å²) in [5.41, 5.74) is 0. The molecular formula is C10H20N2S. The molecule has 0 aromatic rings. The van der Waals surface area contributed by atoms with Crippen molar-refractivity contribution < 1.29 is 0 Å². The van der Waals surface area contributed by atoms with E-state index in [1.54, 1.807) is 0 Å². The topological polar surface area (TPSA) is 24.1 Å². The Morgan fingerprint density at radius 2 is 2.00 bits per heavy atom. The molecule has 0 aromatic heterocycles. The van der Waals surface area contributed by atoms with Crippen molar-refractivity contribution in [3.05, 3.63) is 0 Å². The quantitative estimate of drug-likeness (QED) is 0.669. The van der Waals surface area contributed by atoms with Crippen molar-refractivity contribution in [2.45, 2.75) is 36.8 Å². The van der Waals surface area contributed by atoms with Crippen LogP contribution in [0.1, 0.15) is 26.7 Å². The molecule has 0 amide bonds. The van der Waals surface area contributed by atoms with Crippen molar-refractivity contribution in [1.82, 2.24) is 10.6 Å². The molecule has 2 atom stereocenters. The van der Waals surface area contributed by atoms with Crippen LogP contribution in [-0.4, -0.2) is 29.8 Å². The maximum absolute atomic E-state index is 3.69. The van der Waals surface area contributed by atoms with Crippen LogP contribution in [-0.2, 0) is 0 Å². The Bertz CT molecular complexity index is 180. The molecule has 0 aliphatic carbocycles. The molecule has 2 unspecified atom stereocenters. The van der Waals surface area contributed by atoms with Gasteiger partial charge in [-0.25, -0.2) is 0 Å². The van der Waals surface area contributed by atoms with Crippen LogP contribution in [0.4, 0.5) is 0 Å². The predicted molar refractivity (Wildman–Crippen MR) is 59.1 cm³/mol. The molecule has 2 fully saturated rings. The van der Waals surface area contributed by atoms with E-state index in [2.05, 4.69) is 36.2 Å². The van der Waals surface area contributed by atoms with Crippen LogP contribution in [0.25, 0.3) is 0 Å². The van der Waals surface area contributed by atoms with E-state index < -0.39 is 0 Å². The number of thioether (sulfide) groups is 1. The average molecular weight is 200 g/mol. The molecule has 2 saturated heterocycles. The Morgan fingerprint density at radius 1 is 1.31 bits per heavy atom. The summed E-state index contributed by atoms with van der Waals surface area (Å²) in [6, 6.07) is 0. The van der Waals surface area contributed by atoms with Gasteiger partial charge in [-0.2, -0.15) is 0 Å². The van der Waals surface area contributed by atoms with Gasteiger partial charge in [0, 0.05) is 11.8 Å². The third kappa shape index (κ3) is 2.03. The second kappa shape index (κ2) is 3.79. The molecule has 2 heterocycles. The molecule has 0 bridgehead atoms. The van der Waals surface area contributed by atoms with Crippen molar-refractivity contribution in [3.63, 3.8) is 0 Å². The highest BCUT2D eigenvalue weighted by molar-refractivity contribution is 8.01. The van der Waals surface area contributed by atoms with Crippen LogP contribution in [0.15, 0.2) is 0 Å². The minimum absolute atomic E-state index is 0.363. The van der Waals surface area contributed by atoms with E-state index in [9.17, 15) is 0 Å². The third-order valence-electron chi connectivity index (χ3n) is 3.30. The molecule has 2 aliphatic rings. The SMILES string of the molecule is CC1CNC(C)(C2CCNCC2)S1. The zero-order chi connectivity index (χ0) is 9.31. The van der Waals surface area contributed by atoms with E-state index in [0.29, 0.717) is 4.87 Å². The largest absolute Gasteiger partial charge is 0.317 e. The number of hydrogen-bond acceptors (Lipinski definition) is 3. The molecule has 0 aromatic carbocycles. The summed E-state index contributed by atoms with van der Waals surface area (Å²) >= 11 is 2.14. The van der Waals surface area contributed by atoms with Crippen molar-refractivity contribution in [2.75, 3.05) is 19.6 Å². The lowest BCUT2D eigenvalue weighted by atomic mass is 9.90. The summed E-state index contributed by atoms with van der Waals surface area (Å²) < 4.78 is 0. The van der Waals surface area contributed by atoms with Gasteiger partial charge in [-0.05, 0) is 38.8 Å². The molecule has 2 rings (SSSR count). The number of hydrogen-bond donors (Lipinski definition) is 2. The zero-order valence-electron chi connectivity index (χ0n) is 8.60. The summed E-state index contributed by atoms with van der Waals surface area (Å²) in [5.74, 6) is 0.865. The second-order valence-corrected chi connectivity index (χ2v) is 6.33. The molecule has 3 heteroatoms. The van der Waals surface area contributed by atoms with E-state index in [-0.39, 0.29) is 0 Å². The van der Waals surface area contributed by atoms with E-state index in [1.165, 1.54) is 32.5 Å². The van der Waals surface area contributed by atoms with Gasteiger partial charge >= 0.3 is 0 Å². The average Bonchev–Trinajstić information content (AvgIpc) is 2.49. The normalized spacial score (nSPS) is 42.5. The summed E-state index contributed by atoms with van der Waals surface area (Å²) in [6.07, 6.45) is 2.67. The molecule has 13 heavy (non-hydrogen) atoms. The lowest BCUT2D eigenvalue weighted by Crippen LogP contribution is -2.46. The van der Waals surface area contributed by atoms with Gasteiger partial charge in [0.15, 0.2) is 0 Å². The first-order chi connectivity index (χ1) is 6.21. The first-order valence-corrected chi connectivity index (χ1v) is 6.22. The van der Waals surface area contributed by atoms with Crippen LogP contribution in [0.2, 0.25) is 0 Å². The highest BCUT2D eigenvalue weighted by Gasteiger charge is 2.40.